The highest BCUT2D eigenvalue weighted by atomic mass is 79.9. The van der Waals surface area contributed by atoms with Crippen LogP contribution in [0.1, 0.15) is 29.9 Å². The molecule has 6 rings (SSSR count). The number of hydrogen-bond donors (Lipinski definition) is 1. The Balaban J connectivity index is 0.00000417. The fraction of sp³-hybridized carbons (Fsp3) is 0.300. The molecule has 2 aromatic heterocycles. The molecule has 1 fully saturated rings. The molecule has 240 valence electrons. The van der Waals surface area contributed by atoms with Gasteiger partial charge in [-0.05, 0) is 48.6 Å². The molecule has 46 heavy (non-hydrogen) atoms. The van der Waals surface area contributed by atoms with E-state index in [1.54, 1.807) is 30.8 Å². The second-order valence-electron chi connectivity index (χ2n) is 11.0. The predicted molar refractivity (Wildman–Crippen MR) is 164 cm³/mol. The summed E-state index contributed by atoms with van der Waals surface area (Å²) in [4.78, 5) is 51.1. The van der Waals surface area contributed by atoms with Crippen LogP contribution in [0.15, 0.2) is 71.8 Å². The van der Waals surface area contributed by atoms with Crippen LogP contribution in [0.3, 0.4) is 0 Å². The summed E-state index contributed by atoms with van der Waals surface area (Å²) in [5.74, 6) is -1.94. The Hall–Kier alpha value is -4.12. The average Bonchev–Trinajstić information content (AvgIpc) is 3.62. The summed E-state index contributed by atoms with van der Waals surface area (Å²) in [7, 11) is 0. The number of thioether (sulfide) groups is 1. The van der Waals surface area contributed by atoms with Gasteiger partial charge in [0.1, 0.15) is 25.0 Å². The van der Waals surface area contributed by atoms with Crippen LogP contribution in [-0.4, -0.2) is 54.5 Å². The molecule has 0 radical (unpaired) electrons. The highest BCUT2D eigenvalue weighted by molar-refractivity contribution is 7.98. The van der Waals surface area contributed by atoms with Crippen molar-refractivity contribution < 1.29 is 50.8 Å². The van der Waals surface area contributed by atoms with Gasteiger partial charge in [-0.25, -0.2) is 9.36 Å². The third kappa shape index (κ3) is 5.70. The number of esters is 1. The lowest BCUT2D eigenvalue weighted by atomic mass is 9.77. The van der Waals surface area contributed by atoms with Gasteiger partial charge in [0.2, 0.25) is 15.8 Å². The number of β-lactam (4-membered cyclic amide) rings is 1. The zero-order valence-electron chi connectivity index (χ0n) is 24.7. The lowest BCUT2D eigenvalue weighted by molar-refractivity contribution is -0.721. The lowest BCUT2D eigenvalue weighted by Gasteiger charge is -2.46. The minimum Gasteiger partial charge on any atom is -1.00 e. The summed E-state index contributed by atoms with van der Waals surface area (Å²) in [6.07, 6.45) is 4.90. The number of nitro groups is 2. The second-order valence-corrected chi connectivity index (χ2v) is 12.8. The van der Waals surface area contributed by atoms with Crippen molar-refractivity contribution in [3.8, 4) is 0 Å². The highest BCUT2D eigenvalue weighted by Gasteiger charge is 2.60. The molecule has 2 aromatic carbocycles. The summed E-state index contributed by atoms with van der Waals surface area (Å²) < 4.78 is 9.65. The van der Waals surface area contributed by atoms with E-state index in [9.17, 15) is 34.9 Å². The van der Waals surface area contributed by atoms with Crippen molar-refractivity contribution in [1.29, 1.82) is 0 Å². The molecule has 2 aliphatic heterocycles. The molecule has 0 bridgehead atoms. The van der Waals surface area contributed by atoms with E-state index in [1.807, 2.05) is 34.7 Å². The number of benzene rings is 2. The Morgan fingerprint density at radius 1 is 1.09 bits per heavy atom. The van der Waals surface area contributed by atoms with Crippen LogP contribution >= 0.6 is 23.1 Å². The van der Waals surface area contributed by atoms with Crippen LogP contribution in [0.2, 0.25) is 0 Å². The molecule has 4 aromatic rings. The smallest absolute Gasteiger partial charge is 0.355 e. The zero-order chi connectivity index (χ0) is 32.2. The summed E-state index contributed by atoms with van der Waals surface area (Å²) >= 11 is 3.02. The van der Waals surface area contributed by atoms with Crippen LogP contribution < -0.4 is 21.5 Å². The molecule has 13 nitrogen and oxygen atoms in total. The van der Waals surface area contributed by atoms with E-state index < -0.39 is 33.9 Å². The summed E-state index contributed by atoms with van der Waals surface area (Å²) in [6.45, 7) is 3.86. The largest absolute Gasteiger partial charge is 1.00 e. The number of aliphatic hydroxyl groups is 1. The number of aromatic nitrogens is 2. The molecule has 0 spiro atoms. The molecule has 1 amide bonds. The summed E-state index contributed by atoms with van der Waals surface area (Å²) in [6, 6.07) is 11.7. The number of aliphatic hydroxyl groups excluding tert-OH is 1. The monoisotopic (exact) mass is 729 g/mol. The van der Waals surface area contributed by atoms with Crippen LogP contribution in [0.4, 0.5) is 11.4 Å². The van der Waals surface area contributed by atoms with Crippen molar-refractivity contribution in [3.05, 3.63) is 103 Å². The molecule has 1 N–H and O–H groups in total. The first-order chi connectivity index (χ1) is 21.5. The molecule has 4 heterocycles. The first-order valence-corrected chi connectivity index (χ1v) is 16.0. The Morgan fingerprint density at radius 2 is 1.67 bits per heavy atom. The van der Waals surface area contributed by atoms with Gasteiger partial charge in [0, 0.05) is 35.8 Å². The molecule has 0 saturated carbocycles. The number of imidazole rings is 1. The number of nitrogens with zero attached hydrogens (tertiary/aromatic N) is 5. The van der Waals surface area contributed by atoms with Crippen molar-refractivity contribution in [2.45, 2.75) is 44.2 Å². The van der Waals surface area contributed by atoms with Crippen LogP contribution in [-0.2, 0) is 27.5 Å². The minimum atomic E-state index is -0.890. The van der Waals surface area contributed by atoms with Gasteiger partial charge in [-0.2, -0.15) is 4.40 Å². The van der Waals surface area contributed by atoms with Crippen molar-refractivity contribution >= 4 is 56.8 Å². The zero-order valence-corrected chi connectivity index (χ0v) is 28.0. The van der Waals surface area contributed by atoms with E-state index in [0.29, 0.717) is 17.7 Å². The second kappa shape index (κ2) is 12.9. The number of carbonyl (C=O) groups is 2. The van der Waals surface area contributed by atoms with Crippen molar-refractivity contribution in [1.82, 2.24) is 9.30 Å². The molecule has 16 heteroatoms. The van der Waals surface area contributed by atoms with Crippen molar-refractivity contribution in [2.75, 3.05) is 6.26 Å². The first kappa shape index (κ1) is 33.2. The first-order valence-electron chi connectivity index (χ1n) is 14.0. The van der Waals surface area contributed by atoms with E-state index >= 15 is 0 Å². The quantitative estimate of drug-likeness (QED) is 0.0632. The number of hydrogen-bond acceptors (Lipinski definition) is 10. The number of non-ortho nitro benzene ring substituents is 2. The van der Waals surface area contributed by atoms with Gasteiger partial charge in [0.15, 0.2) is 0 Å². The number of carbonyl (C=O) groups excluding carboxylic acids is 2. The number of fused-ring (bicyclic) bond motifs is 2. The molecule has 0 aliphatic carbocycles. The molecule has 4 atom stereocenters. The summed E-state index contributed by atoms with van der Waals surface area (Å²) in [5.41, 5.74) is 2.21. The molecular weight excluding hydrogens is 702 g/mol. The maximum atomic E-state index is 13.6. The highest BCUT2D eigenvalue weighted by Crippen LogP contribution is 2.52. The number of halogens is 1. The fourth-order valence-electron chi connectivity index (χ4n) is 6.11. The number of nitro benzene ring substituents is 2. The van der Waals surface area contributed by atoms with E-state index in [0.717, 1.165) is 20.3 Å². The van der Waals surface area contributed by atoms with Crippen LogP contribution in [0.25, 0.3) is 10.4 Å². The third-order valence-corrected chi connectivity index (χ3v) is 10.3. The van der Waals surface area contributed by atoms with E-state index in [4.69, 9.17) is 4.74 Å². The van der Waals surface area contributed by atoms with E-state index in [2.05, 4.69) is 0 Å². The third-order valence-electron chi connectivity index (χ3n) is 8.25. The maximum Gasteiger partial charge on any atom is 0.355 e. The molecule has 0 unspecified atom stereocenters. The Bertz CT molecular complexity index is 1890. The normalized spacial score (nSPS) is 19.4. The van der Waals surface area contributed by atoms with Gasteiger partial charge in [-0.1, -0.05) is 30.0 Å². The Kier molecular flexibility index (Phi) is 9.35. The summed E-state index contributed by atoms with van der Waals surface area (Å²) in [5, 5.41) is 33.4. The van der Waals surface area contributed by atoms with Gasteiger partial charge >= 0.3 is 5.97 Å². The minimum absolute atomic E-state index is 0. The topological polar surface area (TPSA) is 161 Å². The number of ether oxygens (including phenoxy) is 1. The SMILES string of the molecule is CSc1c2sc(C3=C(C(=O)OCc4ccc([N+](=O)[O-])cc4)N4C(=O)[C@H]([C@@H](C)O)[C@H]4[C@H]3C)cn2c[n+]1Cc1ccc([N+](=O)[O-])cc1.[Br-]. The van der Waals surface area contributed by atoms with E-state index in [-0.39, 0.29) is 52.5 Å². The maximum absolute atomic E-state index is 13.6. The Morgan fingerprint density at radius 3 is 2.22 bits per heavy atom. The molecular formula is C30H28BrN5O8S2. The van der Waals surface area contributed by atoms with Gasteiger partial charge in [-0.3, -0.25) is 25.0 Å². The molecule has 1 saturated heterocycles. The van der Waals surface area contributed by atoms with Crippen molar-refractivity contribution in [2.24, 2.45) is 11.8 Å². The van der Waals surface area contributed by atoms with Crippen LogP contribution in [0, 0.1) is 32.1 Å². The van der Waals surface area contributed by atoms with E-state index in [1.165, 1.54) is 52.6 Å². The lowest BCUT2D eigenvalue weighted by Crippen LogP contribution is -3.00. The number of rotatable bonds is 10. The van der Waals surface area contributed by atoms with Crippen LogP contribution in [0.5, 0.6) is 0 Å². The predicted octanol–water partition coefficient (Wildman–Crippen LogP) is 1.19. The van der Waals surface area contributed by atoms with Gasteiger partial charge in [0.25, 0.3) is 17.7 Å². The number of thiazole rings is 1. The Labute approximate surface area is 281 Å². The number of amides is 1. The standard InChI is InChI=1S/C30H28N5O8S2.BrH/c1-16-23(22-13-32-15-31(28(44-3)29(32)45-22)12-18-4-8-20(9-5-18)34(39)40)26(33-25(16)24(17(2)36)27(33)37)30(38)43-14-19-6-10-21(11-7-19)35(41)42;/h4-11,13,15-17,24-25,36H,12,14H2,1-3H3;1H/q+1;/p-1/t16-,17+,24+,25+;/m0./s1. The molecule has 2 aliphatic rings. The fourth-order valence-corrected chi connectivity index (χ4v) is 8.29. The van der Waals surface area contributed by atoms with Gasteiger partial charge in [0.05, 0.1) is 32.8 Å². The average molecular weight is 731 g/mol. The van der Waals surface area contributed by atoms with Gasteiger partial charge in [-0.15, -0.1) is 0 Å². The van der Waals surface area contributed by atoms with Crippen molar-refractivity contribution in [3.63, 3.8) is 0 Å². The van der Waals surface area contributed by atoms with Gasteiger partial charge < -0.3 is 31.7 Å².